The Morgan fingerprint density at radius 1 is 1.29 bits per heavy atom. The van der Waals surface area contributed by atoms with E-state index in [2.05, 4.69) is 20.1 Å². The Kier molecular flexibility index (Phi) is 3.66. The summed E-state index contributed by atoms with van der Waals surface area (Å²) in [6.45, 7) is 2.38. The summed E-state index contributed by atoms with van der Waals surface area (Å²) in [7, 11) is 0. The minimum atomic E-state index is -0.0393. The van der Waals surface area contributed by atoms with Crippen molar-refractivity contribution in [1.29, 1.82) is 0 Å². The molecule has 0 spiro atoms. The summed E-state index contributed by atoms with van der Waals surface area (Å²) in [6, 6.07) is 5.50. The summed E-state index contributed by atoms with van der Waals surface area (Å²) in [4.78, 5) is 25.3. The Morgan fingerprint density at radius 2 is 2.21 bits per heavy atom. The molecule has 0 aliphatic rings. The lowest BCUT2D eigenvalue weighted by atomic mass is 10.3. The summed E-state index contributed by atoms with van der Waals surface area (Å²) < 4.78 is 7.49. The molecule has 0 aromatic carbocycles. The zero-order valence-electron chi connectivity index (χ0n) is 12.8. The fourth-order valence-corrected chi connectivity index (χ4v) is 3.34. The molecule has 4 rings (SSSR count). The van der Waals surface area contributed by atoms with Gasteiger partial charge in [-0.25, -0.2) is 4.98 Å². The maximum atomic E-state index is 12.4. The van der Waals surface area contributed by atoms with Crippen LogP contribution in [0.4, 0.5) is 0 Å². The molecule has 0 saturated heterocycles. The van der Waals surface area contributed by atoms with Crippen molar-refractivity contribution in [3.63, 3.8) is 0 Å². The third-order valence-corrected chi connectivity index (χ3v) is 4.73. The van der Waals surface area contributed by atoms with E-state index < -0.39 is 0 Å². The molecule has 0 radical (unpaired) electrons. The summed E-state index contributed by atoms with van der Waals surface area (Å²) in [5.74, 6) is 0.908. The first kappa shape index (κ1) is 14.7. The van der Waals surface area contributed by atoms with E-state index in [4.69, 9.17) is 4.52 Å². The average molecular weight is 339 g/mol. The van der Waals surface area contributed by atoms with E-state index in [0.717, 1.165) is 11.1 Å². The highest BCUT2D eigenvalue weighted by Gasteiger charge is 2.12. The zero-order valence-corrected chi connectivity index (χ0v) is 13.7. The van der Waals surface area contributed by atoms with Crippen LogP contribution in [0.15, 0.2) is 45.4 Å². The lowest BCUT2D eigenvalue weighted by Gasteiger charge is -2.02. The van der Waals surface area contributed by atoms with Crippen LogP contribution >= 0.6 is 11.3 Å². The van der Waals surface area contributed by atoms with E-state index in [-0.39, 0.29) is 5.56 Å². The first-order valence-corrected chi connectivity index (χ1v) is 8.27. The smallest absolute Gasteiger partial charge is 0.271 e. The van der Waals surface area contributed by atoms with E-state index in [0.29, 0.717) is 35.1 Å². The van der Waals surface area contributed by atoms with E-state index in [1.165, 1.54) is 11.3 Å². The first-order chi connectivity index (χ1) is 11.7. The van der Waals surface area contributed by atoms with Crippen molar-refractivity contribution in [1.82, 2.24) is 24.7 Å². The fourth-order valence-electron chi connectivity index (χ4n) is 2.39. The number of hydrogen-bond acceptors (Lipinski definition) is 7. The van der Waals surface area contributed by atoms with Gasteiger partial charge < -0.3 is 4.52 Å². The number of hydrogen-bond donors (Lipinski definition) is 0. The maximum absolute atomic E-state index is 12.4. The second-order valence-corrected chi connectivity index (χ2v) is 6.20. The molecule has 0 atom stereocenters. The predicted octanol–water partition coefficient (Wildman–Crippen LogP) is 2.45. The molecule has 4 heterocycles. The Balaban J connectivity index is 1.54. The van der Waals surface area contributed by atoms with Gasteiger partial charge in [-0.05, 0) is 30.0 Å². The van der Waals surface area contributed by atoms with Crippen LogP contribution in [-0.2, 0) is 13.0 Å². The van der Waals surface area contributed by atoms with Gasteiger partial charge in [0, 0.05) is 19.2 Å². The number of thiophene rings is 1. The van der Waals surface area contributed by atoms with E-state index >= 15 is 0 Å². The molecule has 120 valence electrons. The third-order valence-electron chi connectivity index (χ3n) is 3.65. The van der Waals surface area contributed by atoms with Crippen LogP contribution in [-0.4, -0.2) is 24.7 Å². The zero-order chi connectivity index (χ0) is 16.5. The molecule has 0 amide bonds. The van der Waals surface area contributed by atoms with Crippen molar-refractivity contribution in [2.75, 3.05) is 0 Å². The number of pyridine rings is 1. The monoisotopic (exact) mass is 339 g/mol. The predicted molar refractivity (Wildman–Crippen MR) is 89.9 cm³/mol. The summed E-state index contributed by atoms with van der Waals surface area (Å²) >= 11 is 1.42. The Bertz CT molecular complexity index is 1050. The van der Waals surface area contributed by atoms with Gasteiger partial charge in [0.15, 0.2) is 0 Å². The van der Waals surface area contributed by atoms with Crippen molar-refractivity contribution < 1.29 is 4.52 Å². The number of rotatable bonds is 4. The van der Waals surface area contributed by atoms with Crippen LogP contribution < -0.4 is 5.56 Å². The average Bonchev–Trinajstić information content (AvgIpc) is 3.23. The molecular weight excluding hydrogens is 326 g/mol. The second-order valence-electron chi connectivity index (χ2n) is 5.32. The third kappa shape index (κ3) is 2.61. The first-order valence-electron chi connectivity index (χ1n) is 7.39. The molecule has 4 aromatic heterocycles. The van der Waals surface area contributed by atoms with Crippen molar-refractivity contribution in [3.05, 3.63) is 57.9 Å². The summed E-state index contributed by atoms with van der Waals surface area (Å²) in [6.07, 6.45) is 3.70. The SMILES string of the molecule is Cc1csc2c(=O)n(CCc3nc(-c4ccccn4)no3)cnc12. The highest BCUT2D eigenvalue weighted by Crippen LogP contribution is 2.19. The molecule has 24 heavy (non-hydrogen) atoms. The van der Waals surface area contributed by atoms with Crippen molar-refractivity contribution >= 4 is 21.6 Å². The Morgan fingerprint density at radius 3 is 3.04 bits per heavy atom. The number of aryl methyl sites for hydroxylation is 3. The molecule has 0 unspecified atom stereocenters. The maximum Gasteiger partial charge on any atom is 0.271 e. The van der Waals surface area contributed by atoms with E-state index in [1.807, 2.05) is 30.5 Å². The van der Waals surface area contributed by atoms with Crippen molar-refractivity contribution in [2.24, 2.45) is 0 Å². The second kappa shape index (κ2) is 5.97. The molecular formula is C16H13N5O2S. The highest BCUT2D eigenvalue weighted by atomic mass is 32.1. The normalized spacial score (nSPS) is 11.2. The highest BCUT2D eigenvalue weighted by molar-refractivity contribution is 7.17. The number of fused-ring (bicyclic) bond motifs is 1. The Labute approximate surface area is 140 Å². The van der Waals surface area contributed by atoms with Crippen LogP contribution in [0, 0.1) is 6.92 Å². The molecule has 8 heteroatoms. The van der Waals surface area contributed by atoms with Crippen LogP contribution in [0.3, 0.4) is 0 Å². The number of nitrogens with zero attached hydrogens (tertiary/aromatic N) is 5. The molecule has 0 aliphatic carbocycles. The topological polar surface area (TPSA) is 86.7 Å². The quantitative estimate of drug-likeness (QED) is 0.567. The molecule has 0 aliphatic heterocycles. The molecule has 0 saturated carbocycles. The largest absolute Gasteiger partial charge is 0.339 e. The molecule has 0 fully saturated rings. The van der Waals surface area contributed by atoms with Gasteiger partial charge >= 0.3 is 0 Å². The molecule has 0 N–H and O–H groups in total. The summed E-state index contributed by atoms with van der Waals surface area (Å²) in [5, 5.41) is 5.87. The van der Waals surface area contributed by atoms with Gasteiger partial charge in [-0.1, -0.05) is 11.2 Å². The molecule has 7 nitrogen and oxygen atoms in total. The van der Waals surface area contributed by atoms with Gasteiger partial charge in [0.2, 0.25) is 11.7 Å². The van der Waals surface area contributed by atoms with Crippen LogP contribution in [0.1, 0.15) is 11.5 Å². The lowest BCUT2D eigenvalue weighted by Crippen LogP contribution is -2.20. The molecule has 4 aromatic rings. The summed E-state index contributed by atoms with van der Waals surface area (Å²) in [5.41, 5.74) is 2.41. The van der Waals surface area contributed by atoms with Gasteiger partial charge in [0.05, 0.1) is 11.8 Å². The van der Waals surface area contributed by atoms with Gasteiger partial charge in [0.1, 0.15) is 10.4 Å². The van der Waals surface area contributed by atoms with Crippen LogP contribution in [0.2, 0.25) is 0 Å². The van der Waals surface area contributed by atoms with Gasteiger partial charge in [-0.15, -0.1) is 11.3 Å². The van der Waals surface area contributed by atoms with Crippen LogP contribution in [0.5, 0.6) is 0 Å². The van der Waals surface area contributed by atoms with Crippen molar-refractivity contribution in [3.8, 4) is 11.5 Å². The standard InChI is InChI=1S/C16H13N5O2S/c1-10-8-24-14-13(10)18-9-21(16(14)22)7-5-12-19-15(20-23-12)11-4-2-3-6-17-11/h2-4,6,8-9H,5,7H2,1H3. The van der Waals surface area contributed by atoms with E-state index in [9.17, 15) is 4.79 Å². The van der Waals surface area contributed by atoms with Gasteiger partial charge in [-0.2, -0.15) is 4.98 Å². The van der Waals surface area contributed by atoms with Crippen molar-refractivity contribution in [2.45, 2.75) is 19.9 Å². The van der Waals surface area contributed by atoms with E-state index in [1.54, 1.807) is 17.1 Å². The van der Waals surface area contributed by atoms with Gasteiger partial charge in [-0.3, -0.25) is 14.3 Å². The minimum absolute atomic E-state index is 0.0393. The molecule has 0 bridgehead atoms. The minimum Gasteiger partial charge on any atom is -0.339 e. The lowest BCUT2D eigenvalue weighted by molar-refractivity contribution is 0.371. The van der Waals surface area contributed by atoms with Crippen LogP contribution in [0.25, 0.3) is 21.7 Å². The fraction of sp³-hybridized carbons (Fsp3) is 0.188. The Hall–Kier alpha value is -2.87. The number of aromatic nitrogens is 5. The van der Waals surface area contributed by atoms with Gasteiger partial charge in [0.25, 0.3) is 5.56 Å².